The number of hydrogen-bond acceptors (Lipinski definition) is 5. The standard InChI is InChI=1S/C21H32N2O5/c1-4-5-6-11-21(2,26-3)20(25)22-17-7-9-18(10-8-17)28-16-19(24)23-12-14-27-15-13-23/h7-10H,4-6,11-16H2,1-3H3,(H,22,25). The summed E-state index contributed by atoms with van der Waals surface area (Å²) in [6.07, 6.45) is 3.78. The van der Waals surface area contributed by atoms with Crippen molar-refractivity contribution in [2.75, 3.05) is 45.3 Å². The van der Waals surface area contributed by atoms with Crippen LogP contribution in [0, 0.1) is 0 Å². The monoisotopic (exact) mass is 392 g/mol. The molecule has 1 N–H and O–H groups in total. The first-order valence-corrected chi connectivity index (χ1v) is 9.93. The Balaban J connectivity index is 1.84. The molecule has 1 saturated heterocycles. The van der Waals surface area contributed by atoms with Gasteiger partial charge in [0.15, 0.2) is 6.61 Å². The highest BCUT2D eigenvalue weighted by Crippen LogP contribution is 2.22. The molecular weight excluding hydrogens is 360 g/mol. The molecule has 7 nitrogen and oxygen atoms in total. The van der Waals surface area contributed by atoms with Gasteiger partial charge in [0, 0.05) is 25.9 Å². The summed E-state index contributed by atoms with van der Waals surface area (Å²) in [6.45, 7) is 6.27. The number of benzene rings is 1. The number of carbonyl (C=O) groups excluding carboxylic acids is 2. The molecule has 1 aliphatic heterocycles. The maximum atomic E-state index is 12.6. The normalized spacial score (nSPS) is 16.3. The number of unbranched alkanes of at least 4 members (excludes halogenated alkanes) is 2. The highest BCUT2D eigenvalue weighted by molar-refractivity contribution is 5.97. The van der Waals surface area contributed by atoms with Crippen LogP contribution in [0.1, 0.15) is 39.5 Å². The van der Waals surface area contributed by atoms with Crippen molar-refractivity contribution in [3.63, 3.8) is 0 Å². The predicted octanol–water partition coefficient (Wildman–Crippen LogP) is 2.85. The van der Waals surface area contributed by atoms with Gasteiger partial charge in [0.05, 0.1) is 13.2 Å². The van der Waals surface area contributed by atoms with E-state index in [1.54, 1.807) is 36.3 Å². The average Bonchev–Trinajstić information content (AvgIpc) is 2.73. The summed E-state index contributed by atoms with van der Waals surface area (Å²) < 4.78 is 16.3. The van der Waals surface area contributed by atoms with Crippen LogP contribution in [0.15, 0.2) is 24.3 Å². The molecular formula is C21H32N2O5. The average molecular weight is 392 g/mol. The van der Waals surface area contributed by atoms with Crippen molar-refractivity contribution < 1.29 is 23.8 Å². The quantitative estimate of drug-likeness (QED) is 0.620. The van der Waals surface area contributed by atoms with Crippen LogP contribution in [0.3, 0.4) is 0 Å². The molecule has 1 heterocycles. The van der Waals surface area contributed by atoms with E-state index >= 15 is 0 Å². The van der Waals surface area contributed by atoms with Crippen LogP contribution in [-0.4, -0.2) is 62.3 Å². The van der Waals surface area contributed by atoms with Crippen LogP contribution in [-0.2, 0) is 19.1 Å². The van der Waals surface area contributed by atoms with Crippen LogP contribution < -0.4 is 10.1 Å². The fourth-order valence-electron chi connectivity index (χ4n) is 2.97. The van der Waals surface area contributed by atoms with Gasteiger partial charge in [-0.3, -0.25) is 9.59 Å². The van der Waals surface area contributed by atoms with E-state index in [9.17, 15) is 9.59 Å². The summed E-state index contributed by atoms with van der Waals surface area (Å²) in [5, 5.41) is 2.90. The zero-order valence-corrected chi connectivity index (χ0v) is 17.2. The van der Waals surface area contributed by atoms with E-state index < -0.39 is 5.60 Å². The molecule has 0 spiro atoms. The molecule has 7 heteroatoms. The van der Waals surface area contributed by atoms with Gasteiger partial charge in [-0.15, -0.1) is 0 Å². The number of nitrogens with one attached hydrogen (secondary N) is 1. The van der Waals surface area contributed by atoms with Crippen LogP contribution in [0.4, 0.5) is 5.69 Å². The minimum atomic E-state index is -0.852. The minimum Gasteiger partial charge on any atom is -0.484 e. The Morgan fingerprint density at radius 1 is 1.18 bits per heavy atom. The number of ether oxygens (including phenoxy) is 3. The van der Waals surface area contributed by atoms with E-state index in [0.29, 0.717) is 44.2 Å². The Bertz CT molecular complexity index is 628. The van der Waals surface area contributed by atoms with Gasteiger partial charge in [-0.1, -0.05) is 26.2 Å². The lowest BCUT2D eigenvalue weighted by Gasteiger charge is -2.27. The molecule has 1 aromatic carbocycles. The van der Waals surface area contributed by atoms with E-state index in [2.05, 4.69) is 12.2 Å². The fourth-order valence-corrected chi connectivity index (χ4v) is 2.97. The predicted molar refractivity (Wildman–Crippen MR) is 108 cm³/mol. The fraction of sp³-hybridized carbons (Fsp3) is 0.619. The summed E-state index contributed by atoms with van der Waals surface area (Å²) in [4.78, 5) is 26.5. The zero-order valence-electron chi connectivity index (χ0n) is 17.2. The Morgan fingerprint density at radius 3 is 2.46 bits per heavy atom. The van der Waals surface area contributed by atoms with E-state index in [0.717, 1.165) is 19.3 Å². The summed E-state index contributed by atoms with van der Waals surface area (Å²) >= 11 is 0. The van der Waals surface area contributed by atoms with Crippen molar-refractivity contribution in [2.45, 2.75) is 45.1 Å². The van der Waals surface area contributed by atoms with Gasteiger partial charge in [-0.2, -0.15) is 0 Å². The number of hydrogen-bond donors (Lipinski definition) is 1. The number of amides is 2. The molecule has 0 bridgehead atoms. The maximum absolute atomic E-state index is 12.6. The molecule has 1 aliphatic rings. The van der Waals surface area contributed by atoms with Gasteiger partial charge in [-0.05, 0) is 37.6 Å². The smallest absolute Gasteiger partial charge is 0.260 e. The molecule has 0 radical (unpaired) electrons. The van der Waals surface area contributed by atoms with Crippen LogP contribution in [0.25, 0.3) is 0 Å². The van der Waals surface area contributed by atoms with Crippen LogP contribution in [0.2, 0.25) is 0 Å². The minimum absolute atomic E-state index is 0.00905. The van der Waals surface area contributed by atoms with E-state index in [-0.39, 0.29) is 18.4 Å². The van der Waals surface area contributed by atoms with Gasteiger partial charge < -0.3 is 24.4 Å². The molecule has 1 fully saturated rings. The molecule has 1 aromatic rings. The van der Waals surface area contributed by atoms with Gasteiger partial charge in [0.25, 0.3) is 11.8 Å². The Labute approximate surface area is 167 Å². The van der Waals surface area contributed by atoms with E-state index in [1.165, 1.54) is 0 Å². The third-order valence-electron chi connectivity index (χ3n) is 5.03. The third-order valence-corrected chi connectivity index (χ3v) is 5.03. The summed E-state index contributed by atoms with van der Waals surface area (Å²) in [5.41, 5.74) is -0.190. The second-order valence-electron chi connectivity index (χ2n) is 7.15. The first-order chi connectivity index (χ1) is 13.5. The molecule has 2 amide bonds. The largest absolute Gasteiger partial charge is 0.484 e. The Kier molecular flexibility index (Phi) is 8.73. The topological polar surface area (TPSA) is 77.1 Å². The van der Waals surface area contributed by atoms with E-state index in [4.69, 9.17) is 14.2 Å². The summed E-state index contributed by atoms with van der Waals surface area (Å²) in [5.74, 6) is 0.364. The Morgan fingerprint density at radius 2 is 1.86 bits per heavy atom. The second-order valence-corrected chi connectivity index (χ2v) is 7.15. The molecule has 1 atom stereocenters. The lowest BCUT2D eigenvalue weighted by molar-refractivity contribution is -0.137. The first-order valence-electron chi connectivity index (χ1n) is 9.93. The SMILES string of the molecule is CCCCCC(C)(OC)C(=O)Nc1ccc(OCC(=O)N2CCOCC2)cc1. The number of nitrogens with zero attached hydrogens (tertiary/aromatic N) is 1. The van der Waals surface area contributed by atoms with Gasteiger partial charge in [0.1, 0.15) is 11.4 Å². The van der Waals surface area contributed by atoms with Crippen molar-refractivity contribution in [3.05, 3.63) is 24.3 Å². The lowest BCUT2D eigenvalue weighted by atomic mass is 9.97. The van der Waals surface area contributed by atoms with E-state index in [1.807, 2.05) is 6.92 Å². The summed E-state index contributed by atoms with van der Waals surface area (Å²) in [6, 6.07) is 7.00. The molecule has 156 valence electrons. The van der Waals surface area contributed by atoms with Gasteiger partial charge in [0.2, 0.25) is 0 Å². The second kappa shape index (κ2) is 11.0. The maximum Gasteiger partial charge on any atom is 0.260 e. The highest BCUT2D eigenvalue weighted by atomic mass is 16.5. The van der Waals surface area contributed by atoms with Gasteiger partial charge >= 0.3 is 0 Å². The number of methoxy groups -OCH3 is 1. The van der Waals surface area contributed by atoms with Crippen molar-refractivity contribution in [1.29, 1.82) is 0 Å². The number of anilines is 1. The van der Waals surface area contributed by atoms with Crippen molar-refractivity contribution >= 4 is 17.5 Å². The van der Waals surface area contributed by atoms with Crippen molar-refractivity contribution in [3.8, 4) is 5.75 Å². The number of rotatable bonds is 10. The first kappa shape index (κ1) is 22.2. The zero-order chi connectivity index (χ0) is 20.4. The molecule has 2 rings (SSSR count). The molecule has 0 aliphatic carbocycles. The van der Waals surface area contributed by atoms with Crippen molar-refractivity contribution in [2.24, 2.45) is 0 Å². The third kappa shape index (κ3) is 6.49. The molecule has 0 saturated carbocycles. The van der Waals surface area contributed by atoms with Gasteiger partial charge in [-0.25, -0.2) is 0 Å². The molecule has 28 heavy (non-hydrogen) atoms. The summed E-state index contributed by atoms with van der Waals surface area (Å²) in [7, 11) is 1.56. The van der Waals surface area contributed by atoms with Crippen LogP contribution >= 0.6 is 0 Å². The number of morpholine rings is 1. The molecule has 1 unspecified atom stereocenters. The van der Waals surface area contributed by atoms with Crippen LogP contribution in [0.5, 0.6) is 5.75 Å². The molecule has 0 aromatic heterocycles. The Hall–Kier alpha value is -2.12. The van der Waals surface area contributed by atoms with Crippen molar-refractivity contribution in [1.82, 2.24) is 4.90 Å². The lowest BCUT2D eigenvalue weighted by Crippen LogP contribution is -2.43. The highest BCUT2D eigenvalue weighted by Gasteiger charge is 2.32. The number of carbonyl (C=O) groups is 2.